The van der Waals surface area contributed by atoms with E-state index in [4.69, 9.17) is 21.1 Å². The van der Waals surface area contributed by atoms with Gasteiger partial charge in [-0.25, -0.2) is 9.78 Å². The number of amides is 1. The van der Waals surface area contributed by atoms with E-state index < -0.39 is 5.60 Å². The lowest BCUT2D eigenvalue weighted by atomic mass is 10.0. The minimum atomic E-state index is -0.557. The Kier molecular flexibility index (Phi) is 7.11. The van der Waals surface area contributed by atoms with Gasteiger partial charge in [0.25, 0.3) is 0 Å². The third kappa shape index (κ3) is 5.52. The van der Waals surface area contributed by atoms with E-state index in [1.54, 1.807) is 29.4 Å². The van der Waals surface area contributed by atoms with Crippen molar-refractivity contribution >= 4 is 50.6 Å². The number of rotatable bonds is 5. The molecular weight excluding hydrogens is 522 g/mol. The SMILES string of the molecule is CC(C)(C)OC(=O)N1CCc2c(sc3ncc(C#N)c(Nc4ccc(OCc5ccccn5)c(Cl)c4)c23)C1. The molecule has 1 aliphatic rings. The van der Waals surface area contributed by atoms with Gasteiger partial charge in [0.1, 0.15) is 28.9 Å². The highest BCUT2D eigenvalue weighted by atomic mass is 35.5. The van der Waals surface area contributed by atoms with Gasteiger partial charge in [-0.15, -0.1) is 11.3 Å². The molecule has 4 heterocycles. The van der Waals surface area contributed by atoms with Gasteiger partial charge in [0.2, 0.25) is 0 Å². The summed E-state index contributed by atoms with van der Waals surface area (Å²) >= 11 is 8.06. The first kappa shape index (κ1) is 25.8. The molecule has 3 aromatic heterocycles. The first-order valence-electron chi connectivity index (χ1n) is 12.1. The number of ether oxygens (including phenoxy) is 2. The topological polar surface area (TPSA) is 100 Å². The lowest BCUT2D eigenvalue weighted by molar-refractivity contribution is 0.0227. The summed E-state index contributed by atoms with van der Waals surface area (Å²) in [6.07, 6.45) is 3.60. The monoisotopic (exact) mass is 547 g/mol. The number of benzene rings is 1. The van der Waals surface area contributed by atoms with Crippen molar-refractivity contribution in [3.8, 4) is 11.8 Å². The first-order valence-corrected chi connectivity index (χ1v) is 13.3. The van der Waals surface area contributed by atoms with Crippen LogP contribution in [0.15, 0.2) is 48.8 Å². The number of carbonyl (C=O) groups is 1. The summed E-state index contributed by atoms with van der Waals surface area (Å²) in [4.78, 5) is 25.0. The van der Waals surface area contributed by atoms with Gasteiger partial charge in [-0.05, 0) is 63.1 Å². The van der Waals surface area contributed by atoms with Crippen LogP contribution in [0.2, 0.25) is 5.02 Å². The largest absolute Gasteiger partial charge is 0.486 e. The molecule has 1 aromatic carbocycles. The van der Waals surface area contributed by atoms with E-state index in [0.717, 1.165) is 32.0 Å². The van der Waals surface area contributed by atoms with Crippen LogP contribution in [0.5, 0.6) is 5.75 Å². The fourth-order valence-electron chi connectivity index (χ4n) is 4.23. The summed E-state index contributed by atoms with van der Waals surface area (Å²) in [5, 5.41) is 14.6. The molecule has 4 aromatic rings. The van der Waals surface area contributed by atoms with Crippen molar-refractivity contribution in [1.82, 2.24) is 14.9 Å². The Morgan fingerprint density at radius 3 is 2.82 bits per heavy atom. The van der Waals surface area contributed by atoms with Crippen molar-refractivity contribution < 1.29 is 14.3 Å². The van der Waals surface area contributed by atoms with E-state index in [9.17, 15) is 10.1 Å². The van der Waals surface area contributed by atoms with Gasteiger partial charge in [-0.1, -0.05) is 17.7 Å². The van der Waals surface area contributed by atoms with Crippen LogP contribution in [0.25, 0.3) is 10.2 Å². The molecule has 10 heteroatoms. The lowest BCUT2D eigenvalue weighted by Gasteiger charge is -2.30. The van der Waals surface area contributed by atoms with Crippen molar-refractivity contribution in [2.24, 2.45) is 0 Å². The van der Waals surface area contributed by atoms with Crippen LogP contribution in [0.3, 0.4) is 0 Å². The maximum Gasteiger partial charge on any atom is 0.410 e. The summed E-state index contributed by atoms with van der Waals surface area (Å²) in [6.45, 7) is 6.85. The Labute approximate surface area is 229 Å². The zero-order valence-corrected chi connectivity index (χ0v) is 22.8. The third-order valence-corrected chi connectivity index (χ3v) is 7.36. The van der Waals surface area contributed by atoms with Gasteiger partial charge in [0, 0.05) is 34.9 Å². The number of pyridine rings is 2. The number of hydrogen-bond donors (Lipinski definition) is 1. The molecule has 8 nitrogen and oxygen atoms in total. The maximum atomic E-state index is 12.6. The summed E-state index contributed by atoms with van der Waals surface area (Å²) in [5.74, 6) is 0.540. The quantitative estimate of drug-likeness (QED) is 0.292. The zero-order valence-electron chi connectivity index (χ0n) is 21.2. The van der Waals surface area contributed by atoms with Crippen LogP contribution in [-0.2, 0) is 24.3 Å². The Balaban J connectivity index is 1.41. The highest BCUT2D eigenvalue weighted by Crippen LogP contribution is 2.41. The number of nitriles is 1. The van der Waals surface area contributed by atoms with Crippen molar-refractivity contribution in [3.63, 3.8) is 0 Å². The number of aromatic nitrogens is 2. The van der Waals surface area contributed by atoms with Crippen LogP contribution in [0.1, 0.15) is 42.5 Å². The predicted octanol–water partition coefficient (Wildman–Crippen LogP) is 6.83. The van der Waals surface area contributed by atoms with Gasteiger partial charge in [0.05, 0.1) is 28.5 Å². The second-order valence-electron chi connectivity index (χ2n) is 9.87. The van der Waals surface area contributed by atoms with Gasteiger partial charge in [0.15, 0.2) is 0 Å². The molecule has 0 saturated heterocycles. The molecule has 0 unspecified atom stereocenters. The summed E-state index contributed by atoms with van der Waals surface area (Å²) < 4.78 is 11.4. The first-order chi connectivity index (χ1) is 18.2. The van der Waals surface area contributed by atoms with Crippen LogP contribution < -0.4 is 10.1 Å². The summed E-state index contributed by atoms with van der Waals surface area (Å²) in [6, 6.07) is 13.3. The second-order valence-corrected chi connectivity index (χ2v) is 11.4. The number of halogens is 1. The smallest absolute Gasteiger partial charge is 0.410 e. The van der Waals surface area contributed by atoms with Crippen molar-refractivity contribution in [3.05, 3.63) is 75.5 Å². The molecule has 0 saturated carbocycles. The third-order valence-electron chi connectivity index (χ3n) is 5.94. The maximum absolute atomic E-state index is 12.6. The van der Waals surface area contributed by atoms with Crippen molar-refractivity contribution in [1.29, 1.82) is 5.26 Å². The average Bonchev–Trinajstić information content (AvgIpc) is 3.26. The highest BCUT2D eigenvalue weighted by Gasteiger charge is 2.29. The van der Waals surface area contributed by atoms with Crippen molar-refractivity contribution in [2.75, 3.05) is 11.9 Å². The van der Waals surface area contributed by atoms with Gasteiger partial charge in [-0.2, -0.15) is 5.26 Å². The molecule has 0 aliphatic carbocycles. The number of hydrogen-bond acceptors (Lipinski definition) is 8. The Morgan fingerprint density at radius 1 is 1.26 bits per heavy atom. The zero-order chi connectivity index (χ0) is 26.9. The van der Waals surface area contributed by atoms with Gasteiger partial charge >= 0.3 is 6.09 Å². The number of thiophene rings is 1. The number of fused-ring (bicyclic) bond motifs is 3. The van der Waals surface area contributed by atoms with E-state index in [2.05, 4.69) is 21.4 Å². The fraction of sp³-hybridized carbons (Fsp3) is 0.286. The Hall–Kier alpha value is -3.87. The minimum Gasteiger partial charge on any atom is -0.486 e. The van der Waals surface area contributed by atoms with Crippen LogP contribution in [0.4, 0.5) is 16.2 Å². The molecule has 5 rings (SSSR count). The van der Waals surface area contributed by atoms with Crippen molar-refractivity contribution in [2.45, 2.75) is 45.9 Å². The molecule has 0 bridgehead atoms. The Morgan fingerprint density at radius 2 is 2.11 bits per heavy atom. The molecule has 194 valence electrons. The number of anilines is 2. The second kappa shape index (κ2) is 10.5. The molecule has 0 fully saturated rings. The average molecular weight is 548 g/mol. The highest BCUT2D eigenvalue weighted by molar-refractivity contribution is 7.19. The van der Waals surface area contributed by atoms with Gasteiger partial charge < -0.3 is 19.7 Å². The lowest BCUT2D eigenvalue weighted by Crippen LogP contribution is -2.39. The summed E-state index contributed by atoms with van der Waals surface area (Å²) in [7, 11) is 0. The van der Waals surface area contributed by atoms with E-state index in [-0.39, 0.29) is 6.09 Å². The molecule has 0 spiro atoms. The molecule has 1 aliphatic heterocycles. The van der Waals surface area contributed by atoms with Crippen LogP contribution in [-0.4, -0.2) is 33.1 Å². The molecule has 1 N–H and O–H groups in total. The van der Waals surface area contributed by atoms with E-state index in [0.29, 0.717) is 48.1 Å². The van der Waals surface area contributed by atoms with E-state index >= 15 is 0 Å². The fourth-order valence-corrected chi connectivity index (χ4v) is 5.68. The van der Waals surface area contributed by atoms with E-state index in [1.807, 2.05) is 45.0 Å². The van der Waals surface area contributed by atoms with Crippen LogP contribution >= 0.6 is 22.9 Å². The molecule has 38 heavy (non-hydrogen) atoms. The van der Waals surface area contributed by atoms with Crippen LogP contribution in [0, 0.1) is 11.3 Å². The number of carbonyl (C=O) groups excluding carboxylic acids is 1. The Bertz CT molecular complexity index is 1540. The summed E-state index contributed by atoms with van der Waals surface area (Å²) in [5.41, 5.74) is 3.17. The van der Waals surface area contributed by atoms with E-state index in [1.165, 1.54) is 11.3 Å². The standard InChI is InChI=1S/C28H26ClN5O3S/c1-28(2,3)37-27(35)34-11-9-20-23(15-34)38-26-24(20)25(17(13-30)14-32-26)33-18-7-8-22(21(29)12-18)36-16-19-6-4-5-10-31-19/h4-8,10,12,14H,9,11,15-16H2,1-3H3,(H,32,33). The molecular formula is C28H26ClN5O3S. The number of nitrogens with one attached hydrogen (secondary N) is 1. The predicted molar refractivity (Wildman–Crippen MR) is 148 cm³/mol. The number of nitrogens with zero attached hydrogens (tertiary/aromatic N) is 4. The van der Waals surface area contributed by atoms with Gasteiger partial charge in [-0.3, -0.25) is 4.98 Å². The molecule has 0 radical (unpaired) electrons. The minimum absolute atomic E-state index is 0.304. The molecule has 1 amide bonds. The normalized spacial score (nSPS) is 13.1. The molecule has 0 atom stereocenters.